The van der Waals surface area contributed by atoms with Gasteiger partial charge in [-0.25, -0.2) is 0 Å². The highest BCUT2D eigenvalue weighted by Gasteiger charge is 2.02. The van der Waals surface area contributed by atoms with Crippen molar-refractivity contribution in [2.24, 2.45) is 5.73 Å². The number of hydrogen-bond donors (Lipinski definition) is 1. The summed E-state index contributed by atoms with van der Waals surface area (Å²) in [5, 5.41) is 0. The second-order valence-corrected chi connectivity index (χ2v) is 2.77. The highest BCUT2D eigenvalue weighted by Crippen LogP contribution is 2.13. The molecule has 2 nitrogen and oxygen atoms in total. The van der Waals surface area contributed by atoms with Crippen LogP contribution in [0.1, 0.15) is 30.5 Å². The van der Waals surface area contributed by atoms with E-state index in [1.807, 2.05) is 6.07 Å². The molecule has 0 spiro atoms. The van der Waals surface area contributed by atoms with Crippen molar-refractivity contribution in [3.63, 3.8) is 0 Å². The van der Waals surface area contributed by atoms with Crippen LogP contribution in [-0.2, 0) is 0 Å². The Hall–Kier alpha value is -1.15. The maximum absolute atomic E-state index is 5.84. The zero-order chi connectivity index (χ0) is 8.97. The largest absolute Gasteiger partial charge is 0.324 e. The first-order chi connectivity index (χ1) is 5.77. The van der Waals surface area contributed by atoms with E-state index in [2.05, 4.69) is 18.5 Å². The van der Waals surface area contributed by atoms with Gasteiger partial charge >= 0.3 is 0 Å². The highest BCUT2D eigenvalue weighted by molar-refractivity contribution is 5.46. The van der Waals surface area contributed by atoms with Crippen molar-refractivity contribution in [1.82, 2.24) is 4.98 Å². The molecule has 1 heterocycles. The van der Waals surface area contributed by atoms with E-state index < -0.39 is 0 Å². The van der Waals surface area contributed by atoms with Crippen molar-refractivity contribution < 1.29 is 0 Å². The minimum absolute atomic E-state index is 0.0948. The van der Waals surface area contributed by atoms with E-state index in [0.717, 1.165) is 17.5 Å². The van der Waals surface area contributed by atoms with Crippen LogP contribution in [0.5, 0.6) is 0 Å². The van der Waals surface area contributed by atoms with Crippen LogP contribution in [-0.4, -0.2) is 4.98 Å². The van der Waals surface area contributed by atoms with Gasteiger partial charge in [0.05, 0.1) is 0 Å². The predicted molar refractivity (Wildman–Crippen MR) is 51.5 cm³/mol. The molecule has 0 fully saturated rings. The standard InChI is InChI=1S/C10H14N2/c1-3-8-5-9(7-12-6-8)10(11)4-2/h3,5-7,10H,1,4,11H2,2H3. The maximum Gasteiger partial charge on any atom is 0.0340 e. The molecule has 1 rings (SSSR count). The Labute approximate surface area is 73.1 Å². The van der Waals surface area contributed by atoms with E-state index >= 15 is 0 Å². The molecule has 0 saturated carbocycles. The van der Waals surface area contributed by atoms with Gasteiger partial charge in [-0.3, -0.25) is 4.98 Å². The SMILES string of the molecule is C=Cc1cncc(C(N)CC)c1. The lowest BCUT2D eigenvalue weighted by molar-refractivity contribution is 0.695. The summed E-state index contributed by atoms with van der Waals surface area (Å²) in [5.74, 6) is 0. The van der Waals surface area contributed by atoms with Gasteiger partial charge in [-0.05, 0) is 23.6 Å². The van der Waals surface area contributed by atoms with Crippen LogP contribution in [0, 0.1) is 0 Å². The lowest BCUT2D eigenvalue weighted by atomic mass is 10.1. The zero-order valence-electron chi connectivity index (χ0n) is 7.33. The Morgan fingerprint density at radius 1 is 1.67 bits per heavy atom. The van der Waals surface area contributed by atoms with E-state index in [1.54, 1.807) is 18.5 Å². The molecule has 0 aliphatic heterocycles. The smallest absolute Gasteiger partial charge is 0.0340 e. The van der Waals surface area contributed by atoms with Gasteiger partial charge in [0.1, 0.15) is 0 Å². The quantitative estimate of drug-likeness (QED) is 0.739. The van der Waals surface area contributed by atoms with Crippen LogP contribution in [0.2, 0.25) is 0 Å². The van der Waals surface area contributed by atoms with Gasteiger partial charge in [-0.15, -0.1) is 0 Å². The topological polar surface area (TPSA) is 38.9 Å². The summed E-state index contributed by atoms with van der Waals surface area (Å²) < 4.78 is 0. The van der Waals surface area contributed by atoms with Crippen LogP contribution >= 0.6 is 0 Å². The van der Waals surface area contributed by atoms with Crippen molar-refractivity contribution in [3.05, 3.63) is 36.2 Å². The van der Waals surface area contributed by atoms with Crippen LogP contribution < -0.4 is 5.73 Å². The molecule has 0 bridgehead atoms. The summed E-state index contributed by atoms with van der Waals surface area (Å²) in [6, 6.07) is 2.12. The van der Waals surface area contributed by atoms with Crippen molar-refractivity contribution >= 4 is 6.08 Å². The number of pyridine rings is 1. The summed E-state index contributed by atoms with van der Waals surface area (Å²) in [6.45, 7) is 5.74. The fourth-order valence-corrected chi connectivity index (χ4v) is 1.03. The van der Waals surface area contributed by atoms with Gasteiger partial charge in [0.2, 0.25) is 0 Å². The monoisotopic (exact) mass is 162 g/mol. The minimum atomic E-state index is 0.0948. The number of aromatic nitrogens is 1. The first-order valence-electron chi connectivity index (χ1n) is 4.11. The molecule has 1 aromatic heterocycles. The molecule has 1 unspecified atom stereocenters. The Morgan fingerprint density at radius 2 is 2.42 bits per heavy atom. The molecule has 1 aromatic rings. The third-order valence-corrected chi connectivity index (χ3v) is 1.88. The maximum atomic E-state index is 5.84. The van der Waals surface area contributed by atoms with Crippen molar-refractivity contribution in [2.75, 3.05) is 0 Å². The number of rotatable bonds is 3. The minimum Gasteiger partial charge on any atom is -0.324 e. The van der Waals surface area contributed by atoms with Gasteiger partial charge in [-0.1, -0.05) is 19.6 Å². The van der Waals surface area contributed by atoms with Crippen LogP contribution in [0.25, 0.3) is 6.08 Å². The Morgan fingerprint density at radius 3 is 3.00 bits per heavy atom. The van der Waals surface area contributed by atoms with Crippen molar-refractivity contribution in [3.8, 4) is 0 Å². The number of nitrogens with two attached hydrogens (primary N) is 1. The lowest BCUT2D eigenvalue weighted by Crippen LogP contribution is -2.08. The molecule has 2 heteroatoms. The second-order valence-electron chi connectivity index (χ2n) is 2.77. The average molecular weight is 162 g/mol. The Bertz CT molecular complexity index is 268. The van der Waals surface area contributed by atoms with Gasteiger partial charge in [0.15, 0.2) is 0 Å². The first kappa shape index (κ1) is 8.94. The predicted octanol–water partition coefficient (Wildman–Crippen LogP) is 2.13. The molecule has 1 atom stereocenters. The fourth-order valence-electron chi connectivity index (χ4n) is 1.03. The molecule has 0 aliphatic rings. The van der Waals surface area contributed by atoms with Gasteiger partial charge in [0.25, 0.3) is 0 Å². The van der Waals surface area contributed by atoms with Crippen molar-refractivity contribution in [1.29, 1.82) is 0 Å². The van der Waals surface area contributed by atoms with E-state index in [4.69, 9.17) is 5.73 Å². The number of nitrogens with zero attached hydrogens (tertiary/aromatic N) is 1. The summed E-state index contributed by atoms with van der Waals surface area (Å²) in [6.07, 6.45) is 6.29. The molecule has 64 valence electrons. The molecule has 0 radical (unpaired) electrons. The third-order valence-electron chi connectivity index (χ3n) is 1.88. The Kier molecular flexibility index (Phi) is 3.00. The lowest BCUT2D eigenvalue weighted by Gasteiger charge is -2.08. The second kappa shape index (κ2) is 4.02. The summed E-state index contributed by atoms with van der Waals surface area (Å²) in [5.41, 5.74) is 7.95. The van der Waals surface area contributed by atoms with Gasteiger partial charge in [0, 0.05) is 18.4 Å². The normalized spacial score (nSPS) is 12.5. The number of hydrogen-bond acceptors (Lipinski definition) is 2. The molecule has 0 saturated heterocycles. The zero-order valence-corrected chi connectivity index (χ0v) is 7.33. The fraction of sp³-hybridized carbons (Fsp3) is 0.300. The molecule has 0 amide bonds. The highest BCUT2D eigenvalue weighted by atomic mass is 14.7. The molecule has 0 aromatic carbocycles. The molecular formula is C10H14N2. The van der Waals surface area contributed by atoms with E-state index in [9.17, 15) is 0 Å². The third kappa shape index (κ3) is 1.92. The molecule has 0 aliphatic carbocycles. The molecule has 12 heavy (non-hydrogen) atoms. The Balaban J connectivity index is 2.93. The van der Waals surface area contributed by atoms with Crippen LogP contribution in [0.15, 0.2) is 25.0 Å². The van der Waals surface area contributed by atoms with E-state index in [0.29, 0.717) is 0 Å². The molecule has 2 N–H and O–H groups in total. The summed E-state index contributed by atoms with van der Waals surface area (Å²) in [4.78, 5) is 4.07. The molecular weight excluding hydrogens is 148 g/mol. The van der Waals surface area contributed by atoms with Crippen molar-refractivity contribution in [2.45, 2.75) is 19.4 Å². The van der Waals surface area contributed by atoms with Gasteiger partial charge in [-0.2, -0.15) is 0 Å². The van der Waals surface area contributed by atoms with Crippen LogP contribution in [0.4, 0.5) is 0 Å². The first-order valence-corrected chi connectivity index (χ1v) is 4.11. The van der Waals surface area contributed by atoms with E-state index in [-0.39, 0.29) is 6.04 Å². The van der Waals surface area contributed by atoms with E-state index in [1.165, 1.54) is 0 Å². The van der Waals surface area contributed by atoms with Crippen LogP contribution in [0.3, 0.4) is 0 Å². The summed E-state index contributed by atoms with van der Waals surface area (Å²) in [7, 11) is 0. The summed E-state index contributed by atoms with van der Waals surface area (Å²) >= 11 is 0. The van der Waals surface area contributed by atoms with Gasteiger partial charge < -0.3 is 5.73 Å². The average Bonchev–Trinajstić information content (AvgIpc) is 2.17.